The average Bonchev–Trinajstić information content (AvgIpc) is 1.87. The van der Waals surface area contributed by atoms with E-state index < -0.39 is 0 Å². The van der Waals surface area contributed by atoms with Gasteiger partial charge in [-0.2, -0.15) is 0 Å². The van der Waals surface area contributed by atoms with Crippen molar-refractivity contribution < 1.29 is 0 Å². The summed E-state index contributed by atoms with van der Waals surface area (Å²) in [4.78, 5) is 0. The van der Waals surface area contributed by atoms with Crippen LogP contribution in [0.2, 0.25) is 0 Å². The lowest BCUT2D eigenvalue weighted by Crippen LogP contribution is -2.14. The Bertz CT molecular complexity index is 168. The fourth-order valence-corrected chi connectivity index (χ4v) is 0.429. The van der Waals surface area contributed by atoms with Crippen LogP contribution >= 0.6 is 11.6 Å². The molecule has 0 fully saturated rings. The monoisotopic (exact) mass is 161 g/mol. The Morgan fingerprint density at radius 1 is 1.50 bits per heavy atom. The second-order valence-corrected chi connectivity index (χ2v) is 2.29. The molecule has 5 N–H and O–H groups in total. The number of nitrogens with one attached hydrogen (secondary N) is 1. The minimum absolute atomic E-state index is 0.262. The Balaban J connectivity index is 4.27. The third-order valence-corrected chi connectivity index (χ3v) is 1.34. The predicted octanol–water partition coefficient (Wildman–Crippen LogP) is 0.435. The van der Waals surface area contributed by atoms with Gasteiger partial charge in [-0.3, -0.25) is 0 Å². The first kappa shape index (κ1) is 9.17. The van der Waals surface area contributed by atoms with Crippen LogP contribution in [0.4, 0.5) is 0 Å². The molecule has 0 saturated heterocycles. The summed E-state index contributed by atoms with van der Waals surface area (Å²) in [6.07, 6.45) is 1.67. The fraction of sp³-hybridized carbons (Fsp3) is 0.333. The van der Waals surface area contributed by atoms with E-state index in [1.54, 1.807) is 20.0 Å². The van der Waals surface area contributed by atoms with Gasteiger partial charge in [0, 0.05) is 7.05 Å². The lowest BCUT2D eigenvalue weighted by atomic mass is 10.3. The predicted molar refractivity (Wildman–Crippen MR) is 44.1 cm³/mol. The van der Waals surface area contributed by atoms with Crippen molar-refractivity contribution in [2.24, 2.45) is 11.5 Å². The van der Waals surface area contributed by atoms with Crippen molar-refractivity contribution in [2.45, 2.75) is 6.92 Å². The SMILES string of the molecule is CN/C(N)=C/C(C)=C(\N)Cl. The van der Waals surface area contributed by atoms with Gasteiger partial charge in [-0.25, -0.2) is 0 Å². The van der Waals surface area contributed by atoms with Crippen molar-refractivity contribution in [3.05, 3.63) is 22.6 Å². The van der Waals surface area contributed by atoms with E-state index in [1.165, 1.54) is 0 Å². The molecule has 0 spiro atoms. The lowest BCUT2D eigenvalue weighted by molar-refractivity contribution is 0.961. The molecular weight excluding hydrogens is 150 g/mol. The molecule has 0 saturated carbocycles. The van der Waals surface area contributed by atoms with Crippen LogP contribution in [0.15, 0.2) is 22.6 Å². The highest BCUT2D eigenvalue weighted by Crippen LogP contribution is 2.03. The summed E-state index contributed by atoms with van der Waals surface area (Å²) in [5.74, 6) is 0.543. The minimum Gasteiger partial charge on any atom is -0.389 e. The summed E-state index contributed by atoms with van der Waals surface area (Å²) >= 11 is 5.46. The Morgan fingerprint density at radius 3 is 2.30 bits per heavy atom. The summed E-state index contributed by atoms with van der Waals surface area (Å²) in [5, 5.41) is 3.00. The molecule has 10 heavy (non-hydrogen) atoms. The smallest absolute Gasteiger partial charge is 0.102 e. The fourth-order valence-electron chi connectivity index (χ4n) is 0.374. The number of allylic oxidation sites excluding steroid dienone is 2. The van der Waals surface area contributed by atoms with Gasteiger partial charge >= 0.3 is 0 Å². The molecule has 3 nitrogen and oxygen atoms in total. The van der Waals surface area contributed by atoms with Crippen LogP contribution in [0.5, 0.6) is 0 Å². The summed E-state index contributed by atoms with van der Waals surface area (Å²) in [6, 6.07) is 0. The molecule has 0 atom stereocenters. The highest BCUT2D eigenvalue weighted by Gasteiger charge is 1.90. The summed E-state index contributed by atoms with van der Waals surface area (Å²) in [7, 11) is 1.73. The van der Waals surface area contributed by atoms with Crippen molar-refractivity contribution in [1.82, 2.24) is 5.32 Å². The van der Waals surface area contributed by atoms with Crippen LogP contribution in [0, 0.1) is 0 Å². The van der Waals surface area contributed by atoms with Crippen molar-refractivity contribution in [3.63, 3.8) is 0 Å². The zero-order valence-corrected chi connectivity index (χ0v) is 6.87. The van der Waals surface area contributed by atoms with E-state index in [4.69, 9.17) is 23.1 Å². The second kappa shape index (κ2) is 4.06. The molecule has 0 unspecified atom stereocenters. The Hall–Kier alpha value is -0.830. The highest BCUT2D eigenvalue weighted by molar-refractivity contribution is 6.29. The van der Waals surface area contributed by atoms with Crippen LogP contribution in [-0.4, -0.2) is 7.05 Å². The van der Waals surface area contributed by atoms with Crippen LogP contribution < -0.4 is 16.8 Å². The van der Waals surface area contributed by atoms with Crippen LogP contribution in [0.3, 0.4) is 0 Å². The van der Waals surface area contributed by atoms with E-state index in [2.05, 4.69) is 5.32 Å². The standard InChI is InChI=1S/C6H12ClN3/c1-4(6(7)9)3-5(8)10-2/h3,10H,8-9H2,1-2H3/b5-3+,6-4-. The molecule has 0 radical (unpaired) electrons. The first-order valence-corrected chi connectivity index (χ1v) is 3.22. The van der Waals surface area contributed by atoms with Crippen LogP contribution in [-0.2, 0) is 0 Å². The van der Waals surface area contributed by atoms with Crippen LogP contribution in [0.25, 0.3) is 0 Å². The van der Waals surface area contributed by atoms with Crippen LogP contribution in [0.1, 0.15) is 6.92 Å². The second-order valence-electron chi connectivity index (χ2n) is 1.88. The molecule has 0 bridgehead atoms. The zero-order chi connectivity index (χ0) is 8.15. The molecular formula is C6H12ClN3. The lowest BCUT2D eigenvalue weighted by Gasteiger charge is -1.99. The van der Waals surface area contributed by atoms with Gasteiger partial charge in [0.2, 0.25) is 0 Å². The molecule has 0 aromatic carbocycles. The van der Waals surface area contributed by atoms with Gasteiger partial charge in [0.1, 0.15) is 5.16 Å². The molecule has 0 heterocycles. The first-order chi connectivity index (χ1) is 4.57. The number of rotatable bonds is 2. The normalized spacial score (nSPS) is 14.5. The van der Waals surface area contributed by atoms with Gasteiger partial charge in [-0.15, -0.1) is 0 Å². The topological polar surface area (TPSA) is 64.1 Å². The Morgan fingerprint density at radius 2 is 2.00 bits per heavy atom. The van der Waals surface area contributed by atoms with Crippen molar-refractivity contribution in [2.75, 3.05) is 7.05 Å². The van der Waals surface area contributed by atoms with Crippen molar-refractivity contribution >= 4 is 11.6 Å². The maximum absolute atomic E-state index is 5.46. The molecule has 4 heteroatoms. The first-order valence-electron chi connectivity index (χ1n) is 2.84. The molecule has 0 aliphatic carbocycles. The minimum atomic E-state index is 0.262. The molecule has 0 amide bonds. The zero-order valence-electron chi connectivity index (χ0n) is 6.11. The van der Waals surface area contributed by atoms with Gasteiger partial charge in [0.25, 0.3) is 0 Å². The highest BCUT2D eigenvalue weighted by atomic mass is 35.5. The maximum atomic E-state index is 5.46. The summed E-state index contributed by atoms with van der Waals surface area (Å²) in [6.45, 7) is 1.78. The number of nitrogens with two attached hydrogens (primary N) is 2. The van der Waals surface area contributed by atoms with E-state index in [9.17, 15) is 0 Å². The number of halogens is 1. The quantitative estimate of drug-likeness (QED) is 0.407. The van der Waals surface area contributed by atoms with Crippen molar-refractivity contribution in [3.8, 4) is 0 Å². The Kier molecular flexibility index (Phi) is 3.72. The van der Waals surface area contributed by atoms with Crippen molar-refractivity contribution in [1.29, 1.82) is 0 Å². The van der Waals surface area contributed by atoms with Gasteiger partial charge < -0.3 is 16.8 Å². The summed E-state index contributed by atoms with van der Waals surface area (Å²) in [5.41, 5.74) is 11.4. The molecule has 0 aliphatic heterocycles. The van der Waals surface area contributed by atoms with E-state index in [-0.39, 0.29) is 5.16 Å². The molecule has 0 aromatic heterocycles. The molecule has 0 rings (SSSR count). The third kappa shape index (κ3) is 3.25. The average molecular weight is 162 g/mol. The Labute approximate surface area is 65.7 Å². The van der Waals surface area contributed by atoms with Gasteiger partial charge in [-0.05, 0) is 18.6 Å². The van der Waals surface area contributed by atoms with Gasteiger partial charge in [-0.1, -0.05) is 11.6 Å². The van der Waals surface area contributed by atoms with Gasteiger partial charge in [0.15, 0.2) is 0 Å². The third-order valence-electron chi connectivity index (χ3n) is 1.04. The largest absolute Gasteiger partial charge is 0.389 e. The maximum Gasteiger partial charge on any atom is 0.102 e. The van der Waals surface area contributed by atoms with E-state index >= 15 is 0 Å². The molecule has 0 aliphatic rings. The van der Waals surface area contributed by atoms with E-state index in [0.717, 1.165) is 5.57 Å². The van der Waals surface area contributed by atoms with E-state index in [1.807, 2.05) is 0 Å². The summed E-state index contributed by atoms with van der Waals surface area (Å²) < 4.78 is 0. The molecule has 58 valence electrons. The number of hydrogen-bond acceptors (Lipinski definition) is 3. The van der Waals surface area contributed by atoms with E-state index in [0.29, 0.717) is 5.82 Å². The number of hydrogen-bond donors (Lipinski definition) is 3. The molecule has 0 aromatic rings. The van der Waals surface area contributed by atoms with Gasteiger partial charge in [0.05, 0.1) is 5.82 Å².